The van der Waals surface area contributed by atoms with Crippen LogP contribution in [0.4, 0.5) is 10.1 Å². The summed E-state index contributed by atoms with van der Waals surface area (Å²) in [7, 11) is 1.41. The number of anilines is 1. The molecule has 0 spiro atoms. The number of halogens is 1. The molecule has 2 aromatic rings. The first-order valence-corrected chi connectivity index (χ1v) is 5.99. The SMILES string of the molecule is COc1ccc(NC(=O)c2cccc(F)c2)c(C(=O)O)c1. The highest BCUT2D eigenvalue weighted by molar-refractivity contribution is 6.07. The lowest BCUT2D eigenvalue weighted by molar-refractivity contribution is 0.0697. The van der Waals surface area contributed by atoms with Crippen molar-refractivity contribution in [2.24, 2.45) is 0 Å². The number of methoxy groups -OCH3 is 1. The topological polar surface area (TPSA) is 75.6 Å². The number of hydrogen-bond donors (Lipinski definition) is 2. The summed E-state index contributed by atoms with van der Waals surface area (Å²) >= 11 is 0. The smallest absolute Gasteiger partial charge is 0.337 e. The summed E-state index contributed by atoms with van der Waals surface area (Å²) in [5, 5.41) is 11.6. The molecule has 0 radical (unpaired) electrons. The fourth-order valence-electron chi connectivity index (χ4n) is 1.76. The molecule has 0 saturated heterocycles. The highest BCUT2D eigenvalue weighted by atomic mass is 19.1. The molecule has 0 aliphatic heterocycles. The van der Waals surface area contributed by atoms with Crippen molar-refractivity contribution in [3.8, 4) is 5.75 Å². The van der Waals surface area contributed by atoms with Gasteiger partial charge in [-0.1, -0.05) is 6.07 Å². The molecule has 0 unspecified atom stereocenters. The van der Waals surface area contributed by atoms with Crippen LogP contribution in [0.15, 0.2) is 42.5 Å². The Kier molecular flexibility index (Phi) is 4.18. The van der Waals surface area contributed by atoms with Gasteiger partial charge in [-0.05, 0) is 36.4 Å². The second-order valence-corrected chi connectivity index (χ2v) is 4.18. The molecule has 0 atom stereocenters. The minimum Gasteiger partial charge on any atom is -0.497 e. The molecule has 0 saturated carbocycles. The summed E-state index contributed by atoms with van der Waals surface area (Å²) in [4.78, 5) is 23.2. The number of carbonyl (C=O) groups excluding carboxylic acids is 1. The standard InChI is InChI=1S/C15H12FNO4/c1-21-11-5-6-13(12(8-11)15(19)20)17-14(18)9-3-2-4-10(16)7-9/h2-8H,1H3,(H,17,18)(H,19,20). The van der Waals surface area contributed by atoms with Crippen LogP contribution in [0.2, 0.25) is 0 Å². The van der Waals surface area contributed by atoms with Crippen LogP contribution in [0.25, 0.3) is 0 Å². The first-order chi connectivity index (χ1) is 10.0. The van der Waals surface area contributed by atoms with Crippen LogP contribution < -0.4 is 10.1 Å². The van der Waals surface area contributed by atoms with Gasteiger partial charge in [-0.3, -0.25) is 4.79 Å². The van der Waals surface area contributed by atoms with Crippen LogP contribution in [-0.4, -0.2) is 24.1 Å². The third-order valence-electron chi connectivity index (χ3n) is 2.79. The molecule has 0 fully saturated rings. The zero-order chi connectivity index (χ0) is 15.4. The molecule has 0 aromatic heterocycles. The molecule has 0 bridgehead atoms. The Balaban J connectivity index is 2.31. The van der Waals surface area contributed by atoms with Crippen molar-refractivity contribution in [3.63, 3.8) is 0 Å². The molecule has 2 N–H and O–H groups in total. The molecule has 6 heteroatoms. The van der Waals surface area contributed by atoms with Crippen molar-refractivity contribution in [1.29, 1.82) is 0 Å². The lowest BCUT2D eigenvalue weighted by Crippen LogP contribution is -2.15. The van der Waals surface area contributed by atoms with Gasteiger partial charge in [0, 0.05) is 5.56 Å². The summed E-state index contributed by atoms with van der Waals surface area (Å²) in [5.41, 5.74) is 0.0961. The van der Waals surface area contributed by atoms with Crippen molar-refractivity contribution in [2.75, 3.05) is 12.4 Å². The Morgan fingerprint density at radius 3 is 2.57 bits per heavy atom. The summed E-state index contributed by atoms with van der Waals surface area (Å²) in [6.07, 6.45) is 0. The number of nitrogens with one attached hydrogen (secondary N) is 1. The zero-order valence-electron chi connectivity index (χ0n) is 11.1. The third-order valence-corrected chi connectivity index (χ3v) is 2.79. The van der Waals surface area contributed by atoms with E-state index in [1.807, 2.05) is 0 Å². The number of carboxylic acid groups (broad SMARTS) is 1. The van der Waals surface area contributed by atoms with Gasteiger partial charge in [0.2, 0.25) is 0 Å². The molecule has 5 nitrogen and oxygen atoms in total. The van der Waals surface area contributed by atoms with Crippen LogP contribution in [0.5, 0.6) is 5.75 Å². The highest BCUT2D eigenvalue weighted by Crippen LogP contribution is 2.22. The molecular formula is C15H12FNO4. The molecule has 0 aliphatic rings. The van der Waals surface area contributed by atoms with Gasteiger partial charge in [0.1, 0.15) is 11.6 Å². The normalized spacial score (nSPS) is 10.0. The van der Waals surface area contributed by atoms with Gasteiger partial charge in [-0.25, -0.2) is 9.18 Å². The van der Waals surface area contributed by atoms with Crippen LogP contribution >= 0.6 is 0 Å². The monoisotopic (exact) mass is 289 g/mol. The van der Waals surface area contributed by atoms with Crippen molar-refractivity contribution < 1.29 is 23.8 Å². The van der Waals surface area contributed by atoms with Crippen LogP contribution in [0, 0.1) is 5.82 Å². The summed E-state index contributed by atoms with van der Waals surface area (Å²) < 4.78 is 18.0. The molecule has 21 heavy (non-hydrogen) atoms. The Labute approximate surface area is 120 Å². The Morgan fingerprint density at radius 2 is 1.95 bits per heavy atom. The number of hydrogen-bond acceptors (Lipinski definition) is 3. The molecule has 1 amide bonds. The number of carboxylic acids is 1. The molecular weight excluding hydrogens is 277 g/mol. The number of aromatic carboxylic acids is 1. The van der Waals surface area contributed by atoms with Crippen molar-refractivity contribution in [1.82, 2.24) is 0 Å². The van der Waals surface area contributed by atoms with Gasteiger partial charge in [0.15, 0.2) is 0 Å². The molecule has 0 heterocycles. The zero-order valence-corrected chi connectivity index (χ0v) is 11.1. The van der Waals surface area contributed by atoms with E-state index in [1.54, 1.807) is 0 Å². The van der Waals surface area contributed by atoms with Crippen LogP contribution in [0.1, 0.15) is 20.7 Å². The second-order valence-electron chi connectivity index (χ2n) is 4.18. The number of ether oxygens (including phenoxy) is 1. The fraction of sp³-hybridized carbons (Fsp3) is 0.0667. The molecule has 108 valence electrons. The predicted molar refractivity (Wildman–Crippen MR) is 74.3 cm³/mol. The number of rotatable bonds is 4. The average molecular weight is 289 g/mol. The van der Waals surface area contributed by atoms with Crippen LogP contribution in [0.3, 0.4) is 0 Å². The van der Waals surface area contributed by atoms with Gasteiger partial charge in [0.25, 0.3) is 5.91 Å². The maximum absolute atomic E-state index is 13.1. The molecule has 0 aliphatic carbocycles. The maximum Gasteiger partial charge on any atom is 0.337 e. The van der Waals surface area contributed by atoms with Gasteiger partial charge in [-0.2, -0.15) is 0 Å². The Hall–Kier alpha value is -2.89. The minimum absolute atomic E-state index is 0.0992. The lowest BCUT2D eigenvalue weighted by atomic mass is 10.1. The summed E-state index contributed by atoms with van der Waals surface area (Å²) in [6.45, 7) is 0. The van der Waals surface area contributed by atoms with E-state index in [-0.39, 0.29) is 16.8 Å². The van der Waals surface area contributed by atoms with Gasteiger partial charge < -0.3 is 15.2 Å². The minimum atomic E-state index is -1.21. The van der Waals surface area contributed by atoms with E-state index in [0.29, 0.717) is 5.75 Å². The van der Waals surface area contributed by atoms with E-state index in [9.17, 15) is 14.0 Å². The first-order valence-electron chi connectivity index (χ1n) is 5.99. The van der Waals surface area contributed by atoms with Gasteiger partial charge >= 0.3 is 5.97 Å². The Morgan fingerprint density at radius 1 is 1.19 bits per heavy atom. The number of amides is 1. The van der Waals surface area contributed by atoms with E-state index in [4.69, 9.17) is 9.84 Å². The van der Waals surface area contributed by atoms with Gasteiger partial charge in [0.05, 0.1) is 18.4 Å². The second kappa shape index (κ2) is 6.04. The number of carbonyl (C=O) groups is 2. The van der Waals surface area contributed by atoms with Crippen molar-refractivity contribution >= 4 is 17.6 Å². The van der Waals surface area contributed by atoms with E-state index < -0.39 is 17.7 Å². The maximum atomic E-state index is 13.1. The lowest BCUT2D eigenvalue weighted by Gasteiger charge is -2.10. The van der Waals surface area contributed by atoms with E-state index in [0.717, 1.165) is 6.07 Å². The Bertz CT molecular complexity index is 700. The quantitative estimate of drug-likeness (QED) is 0.907. The average Bonchev–Trinajstić information content (AvgIpc) is 2.47. The summed E-state index contributed by atoms with van der Waals surface area (Å²) in [6, 6.07) is 9.35. The molecule has 2 aromatic carbocycles. The van der Waals surface area contributed by atoms with E-state index >= 15 is 0 Å². The highest BCUT2D eigenvalue weighted by Gasteiger charge is 2.15. The van der Waals surface area contributed by atoms with Crippen molar-refractivity contribution in [3.05, 3.63) is 59.4 Å². The van der Waals surface area contributed by atoms with Crippen LogP contribution in [-0.2, 0) is 0 Å². The van der Waals surface area contributed by atoms with Crippen molar-refractivity contribution in [2.45, 2.75) is 0 Å². The third kappa shape index (κ3) is 3.36. The summed E-state index contributed by atoms with van der Waals surface area (Å²) in [5.74, 6) is -1.99. The number of benzene rings is 2. The molecule has 2 rings (SSSR count). The van der Waals surface area contributed by atoms with Gasteiger partial charge in [-0.15, -0.1) is 0 Å². The van der Waals surface area contributed by atoms with E-state index in [2.05, 4.69) is 5.32 Å². The fourth-order valence-corrected chi connectivity index (χ4v) is 1.76. The predicted octanol–water partition coefficient (Wildman–Crippen LogP) is 2.78. The first kappa shape index (κ1) is 14.5. The largest absolute Gasteiger partial charge is 0.497 e. The van der Waals surface area contributed by atoms with E-state index in [1.165, 1.54) is 43.5 Å².